The van der Waals surface area contributed by atoms with E-state index in [4.69, 9.17) is 14.2 Å². The topological polar surface area (TPSA) is 90.2 Å². The van der Waals surface area contributed by atoms with Crippen LogP contribution >= 0.6 is 0 Å². The molecule has 0 saturated carbocycles. The number of fused-ring (bicyclic) bond motifs is 1. The lowest BCUT2D eigenvalue weighted by Crippen LogP contribution is -2.07. The Kier molecular flexibility index (Phi) is 4.87. The number of ketones is 1. The molecular formula is C23H21NO6. The Morgan fingerprint density at radius 1 is 0.933 bits per heavy atom. The van der Waals surface area contributed by atoms with Crippen molar-refractivity contribution in [2.45, 2.75) is 6.04 Å². The molecule has 2 heterocycles. The van der Waals surface area contributed by atoms with Crippen molar-refractivity contribution in [2.24, 2.45) is 0 Å². The summed E-state index contributed by atoms with van der Waals surface area (Å²) in [7, 11) is 4.37. The van der Waals surface area contributed by atoms with Crippen LogP contribution in [0.15, 0.2) is 54.2 Å². The highest BCUT2D eigenvalue weighted by molar-refractivity contribution is 6.14. The zero-order valence-corrected chi connectivity index (χ0v) is 16.7. The van der Waals surface area contributed by atoms with Crippen LogP contribution in [0.2, 0.25) is 0 Å². The molecule has 7 nitrogen and oxygen atoms in total. The van der Waals surface area contributed by atoms with Gasteiger partial charge >= 0.3 is 0 Å². The van der Waals surface area contributed by atoms with E-state index in [2.05, 4.69) is 0 Å². The molecule has 30 heavy (non-hydrogen) atoms. The lowest BCUT2D eigenvalue weighted by atomic mass is 9.95. The molecule has 0 amide bonds. The normalized spacial score (nSPS) is 16.6. The number of aromatic nitrogens is 1. The molecule has 1 atom stereocenters. The highest BCUT2D eigenvalue weighted by Gasteiger charge is 2.35. The van der Waals surface area contributed by atoms with E-state index in [1.807, 2.05) is 16.8 Å². The molecule has 2 N–H and O–H groups in total. The van der Waals surface area contributed by atoms with Crippen LogP contribution in [0.25, 0.3) is 6.08 Å². The third kappa shape index (κ3) is 3.04. The van der Waals surface area contributed by atoms with Gasteiger partial charge < -0.3 is 29.0 Å². The van der Waals surface area contributed by atoms with Gasteiger partial charge in [0.2, 0.25) is 11.5 Å². The van der Waals surface area contributed by atoms with Crippen molar-refractivity contribution >= 4 is 11.9 Å². The van der Waals surface area contributed by atoms with Gasteiger partial charge in [0.15, 0.2) is 23.0 Å². The fraction of sp³-hybridized carbons (Fsp3) is 0.174. The van der Waals surface area contributed by atoms with E-state index in [0.29, 0.717) is 22.6 Å². The summed E-state index contributed by atoms with van der Waals surface area (Å²) in [5.74, 6) is 0.627. The van der Waals surface area contributed by atoms with Crippen LogP contribution in [-0.4, -0.2) is 41.9 Å². The average molecular weight is 407 g/mol. The molecule has 7 heteroatoms. The molecule has 3 aromatic rings. The van der Waals surface area contributed by atoms with Gasteiger partial charge in [-0.25, -0.2) is 0 Å². The first-order valence-electron chi connectivity index (χ1n) is 9.23. The van der Waals surface area contributed by atoms with E-state index in [9.17, 15) is 15.0 Å². The highest BCUT2D eigenvalue weighted by Crippen LogP contribution is 2.42. The summed E-state index contributed by atoms with van der Waals surface area (Å²) in [6.07, 6.45) is 3.60. The van der Waals surface area contributed by atoms with Gasteiger partial charge in [-0.3, -0.25) is 4.79 Å². The summed E-state index contributed by atoms with van der Waals surface area (Å²) in [4.78, 5) is 13.2. The van der Waals surface area contributed by atoms with Crippen LogP contribution < -0.4 is 14.2 Å². The number of aromatic hydroxyl groups is 2. The molecular weight excluding hydrogens is 386 g/mol. The Labute approximate surface area is 173 Å². The SMILES string of the molecule is COc1cc(C2/C(=C\c3cc(OC)c(O)c(OC)c3)C(=O)c3cccn32)ccc1O. The number of methoxy groups -OCH3 is 3. The molecule has 0 radical (unpaired) electrons. The smallest absolute Gasteiger partial charge is 0.207 e. The molecule has 1 unspecified atom stereocenters. The largest absolute Gasteiger partial charge is 0.504 e. The predicted molar refractivity (Wildman–Crippen MR) is 111 cm³/mol. The van der Waals surface area contributed by atoms with Crippen LogP contribution in [0, 0.1) is 0 Å². The standard InChI is InChI=1S/C23H21NO6/c1-28-18-12-14(6-7-17(18)25)21-15(22(26)16-5-4-8-24(16)21)9-13-10-19(29-2)23(27)20(11-13)30-3/h4-12,21,25,27H,1-3H3/b15-9+. The van der Waals surface area contributed by atoms with Gasteiger partial charge in [-0.05, 0) is 53.6 Å². The first kappa shape index (κ1) is 19.4. The minimum atomic E-state index is -0.400. The Morgan fingerprint density at radius 2 is 1.60 bits per heavy atom. The van der Waals surface area contributed by atoms with Gasteiger partial charge in [0.05, 0.1) is 33.1 Å². The summed E-state index contributed by atoms with van der Waals surface area (Å²) >= 11 is 0. The zero-order chi connectivity index (χ0) is 21.4. The average Bonchev–Trinajstić information content (AvgIpc) is 3.32. The molecule has 0 saturated heterocycles. The molecule has 0 fully saturated rings. The number of carbonyl (C=O) groups is 1. The van der Waals surface area contributed by atoms with E-state index in [1.165, 1.54) is 21.3 Å². The molecule has 0 aliphatic carbocycles. The maximum absolute atomic E-state index is 13.2. The first-order chi connectivity index (χ1) is 14.5. The number of allylic oxidation sites excluding steroid dienone is 1. The summed E-state index contributed by atoms with van der Waals surface area (Å²) in [6, 6.07) is 11.5. The number of nitrogens with zero attached hydrogens (tertiary/aromatic N) is 1. The number of Topliss-reactive ketones (excluding diaryl/α,β-unsaturated/α-hetero) is 1. The van der Waals surface area contributed by atoms with Gasteiger partial charge in [0.25, 0.3) is 0 Å². The van der Waals surface area contributed by atoms with Crippen molar-refractivity contribution in [1.29, 1.82) is 0 Å². The Balaban J connectivity index is 1.88. The highest BCUT2D eigenvalue weighted by atomic mass is 16.5. The van der Waals surface area contributed by atoms with E-state index < -0.39 is 6.04 Å². The fourth-order valence-corrected chi connectivity index (χ4v) is 3.76. The summed E-state index contributed by atoms with van der Waals surface area (Å²) in [5, 5.41) is 20.1. The maximum atomic E-state index is 13.2. The van der Waals surface area contributed by atoms with E-state index in [1.54, 1.807) is 42.5 Å². The number of benzene rings is 2. The summed E-state index contributed by atoms with van der Waals surface area (Å²) in [6.45, 7) is 0. The van der Waals surface area contributed by atoms with Gasteiger partial charge in [-0.15, -0.1) is 0 Å². The second kappa shape index (κ2) is 7.51. The van der Waals surface area contributed by atoms with E-state index in [-0.39, 0.29) is 28.8 Å². The van der Waals surface area contributed by atoms with Crippen molar-refractivity contribution in [3.05, 3.63) is 71.1 Å². The third-order valence-electron chi connectivity index (χ3n) is 5.19. The lowest BCUT2D eigenvalue weighted by molar-refractivity contribution is 0.103. The minimum Gasteiger partial charge on any atom is -0.504 e. The molecule has 4 rings (SSSR count). The number of ether oxygens (including phenoxy) is 3. The molecule has 1 aromatic heterocycles. The van der Waals surface area contributed by atoms with Gasteiger partial charge in [0, 0.05) is 11.8 Å². The van der Waals surface area contributed by atoms with Gasteiger partial charge in [0.1, 0.15) is 0 Å². The Hall–Kier alpha value is -3.87. The van der Waals surface area contributed by atoms with Crippen molar-refractivity contribution < 1.29 is 29.2 Å². The predicted octanol–water partition coefficient (Wildman–Crippen LogP) is 3.79. The summed E-state index contributed by atoms with van der Waals surface area (Å²) in [5.41, 5.74) is 2.53. The molecule has 0 bridgehead atoms. The van der Waals surface area contributed by atoms with Crippen LogP contribution in [0.5, 0.6) is 28.7 Å². The Morgan fingerprint density at radius 3 is 2.23 bits per heavy atom. The Bertz CT molecular complexity index is 1140. The first-order valence-corrected chi connectivity index (χ1v) is 9.23. The maximum Gasteiger partial charge on any atom is 0.207 e. The number of rotatable bonds is 5. The van der Waals surface area contributed by atoms with E-state index >= 15 is 0 Å². The van der Waals surface area contributed by atoms with Crippen LogP contribution in [0.1, 0.15) is 27.7 Å². The number of hydrogen-bond donors (Lipinski definition) is 2. The molecule has 0 spiro atoms. The molecule has 154 valence electrons. The number of phenolic OH excluding ortho intramolecular Hbond substituents is 2. The zero-order valence-electron chi connectivity index (χ0n) is 16.7. The van der Waals surface area contributed by atoms with Crippen molar-refractivity contribution in [3.63, 3.8) is 0 Å². The van der Waals surface area contributed by atoms with Crippen molar-refractivity contribution in [3.8, 4) is 28.7 Å². The number of hydrogen-bond acceptors (Lipinski definition) is 6. The fourth-order valence-electron chi connectivity index (χ4n) is 3.76. The van der Waals surface area contributed by atoms with Crippen LogP contribution in [0.3, 0.4) is 0 Å². The second-order valence-electron chi connectivity index (χ2n) is 6.84. The van der Waals surface area contributed by atoms with Crippen LogP contribution in [-0.2, 0) is 0 Å². The number of carbonyl (C=O) groups excluding carboxylic acids is 1. The molecule has 1 aliphatic rings. The van der Waals surface area contributed by atoms with Crippen molar-refractivity contribution in [2.75, 3.05) is 21.3 Å². The third-order valence-corrected chi connectivity index (χ3v) is 5.19. The van der Waals surface area contributed by atoms with Gasteiger partial charge in [-0.2, -0.15) is 0 Å². The molecule has 1 aliphatic heterocycles. The number of phenols is 2. The van der Waals surface area contributed by atoms with Gasteiger partial charge in [-0.1, -0.05) is 6.07 Å². The monoisotopic (exact) mass is 407 g/mol. The second-order valence-corrected chi connectivity index (χ2v) is 6.84. The minimum absolute atomic E-state index is 0.0249. The van der Waals surface area contributed by atoms with Crippen LogP contribution in [0.4, 0.5) is 0 Å². The molecule has 2 aromatic carbocycles. The lowest BCUT2D eigenvalue weighted by Gasteiger charge is -2.17. The summed E-state index contributed by atoms with van der Waals surface area (Å²) < 4.78 is 17.6. The van der Waals surface area contributed by atoms with E-state index in [0.717, 1.165) is 5.56 Å². The quantitative estimate of drug-likeness (QED) is 0.626. The van der Waals surface area contributed by atoms with Crippen molar-refractivity contribution in [1.82, 2.24) is 4.57 Å².